The van der Waals surface area contributed by atoms with Crippen molar-refractivity contribution < 1.29 is 37.1 Å². The monoisotopic (exact) mass is 416 g/mol. The van der Waals surface area contributed by atoms with Crippen LogP contribution in [-0.4, -0.2) is 48.7 Å². The Labute approximate surface area is 166 Å². The van der Waals surface area contributed by atoms with Gasteiger partial charge in [0, 0.05) is 25.3 Å². The average molecular weight is 416 g/mol. The maximum Gasteiger partial charge on any atom is 0.573 e. The van der Waals surface area contributed by atoms with Crippen LogP contribution in [0.25, 0.3) is 0 Å². The summed E-state index contributed by atoms with van der Waals surface area (Å²) < 4.78 is 45.8. The molecule has 0 aliphatic carbocycles. The fraction of sp³-hybridized carbons (Fsp3) is 0.579. The van der Waals surface area contributed by atoms with Gasteiger partial charge in [-0.1, -0.05) is 0 Å². The molecule has 2 aliphatic rings. The molecule has 1 aromatic rings. The van der Waals surface area contributed by atoms with Crippen molar-refractivity contribution >= 4 is 17.7 Å². The summed E-state index contributed by atoms with van der Waals surface area (Å²) in [7, 11) is 0. The van der Waals surface area contributed by atoms with Gasteiger partial charge >= 0.3 is 12.5 Å². The molecule has 2 fully saturated rings. The Bertz CT molecular complexity index is 761. The zero-order valence-corrected chi connectivity index (χ0v) is 16.4. The predicted molar refractivity (Wildman–Crippen MR) is 96.0 cm³/mol. The van der Waals surface area contributed by atoms with Crippen LogP contribution >= 0.6 is 0 Å². The number of ether oxygens (including phenoxy) is 2. The quantitative estimate of drug-likeness (QED) is 0.700. The summed E-state index contributed by atoms with van der Waals surface area (Å²) in [6.45, 7) is 6.29. The second-order valence-corrected chi connectivity index (χ2v) is 8.09. The molecule has 0 bridgehead atoms. The Morgan fingerprint density at radius 3 is 2.34 bits per heavy atom. The van der Waals surface area contributed by atoms with E-state index >= 15 is 0 Å². The highest BCUT2D eigenvalue weighted by molar-refractivity contribution is 5.96. The molecule has 0 unspecified atom stereocenters. The Balaban J connectivity index is 1.61. The van der Waals surface area contributed by atoms with Crippen LogP contribution in [0, 0.1) is 11.8 Å². The number of piperidine rings is 1. The average Bonchev–Trinajstić information content (AvgIpc) is 2.96. The highest BCUT2D eigenvalue weighted by Crippen LogP contribution is 2.35. The van der Waals surface area contributed by atoms with Gasteiger partial charge in [-0.05, 0) is 57.4 Å². The second kappa shape index (κ2) is 7.74. The first-order chi connectivity index (χ1) is 13.4. The van der Waals surface area contributed by atoms with E-state index < -0.39 is 18.1 Å². The zero-order valence-electron chi connectivity index (χ0n) is 16.4. The maximum atomic E-state index is 12.9. The number of benzene rings is 1. The van der Waals surface area contributed by atoms with Crippen LogP contribution in [0.2, 0.25) is 0 Å². The maximum absolute atomic E-state index is 12.9. The first-order valence-corrected chi connectivity index (χ1v) is 9.24. The summed E-state index contributed by atoms with van der Waals surface area (Å²) in [5, 5.41) is 1.44. The molecule has 160 valence electrons. The third kappa shape index (κ3) is 5.53. The van der Waals surface area contributed by atoms with Crippen molar-refractivity contribution in [2.75, 3.05) is 24.5 Å². The van der Waals surface area contributed by atoms with Crippen LogP contribution in [0.5, 0.6) is 5.75 Å². The summed E-state index contributed by atoms with van der Waals surface area (Å²) in [5.41, 5.74) is -0.187. The van der Waals surface area contributed by atoms with E-state index in [4.69, 9.17) is 9.57 Å². The van der Waals surface area contributed by atoms with Crippen LogP contribution in [0.15, 0.2) is 24.3 Å². The molecular weight excluding hydrogens is 393 g/mol. The lowest BCUT2D eigenvalue weighted by molar-refractivity contribution is -0.274. The molecule has 0 radical (unpaired) electrons. The topological polar surface area (TPSA) is 68.3 Å². The highest BCUT2D eigenvalue weighted by Gasteiger charge is 2.45. The highest BCUT2D eigenvalue weighted by atomic mass is 19.4. The molecule has 2 atom stereocenters. The molecule has 3 rings (SSSR count). The van der Waals surface area contributed by atoms with Crippen molar-refractivity contribution in [3.05, 3.63) is 24.3 Å². The number of rotatable bonds is 3. The van der Waals surface area contributed by atoms with Gasteiger partial charge in [-0.15, -0.1) is 18.2 Å². The summed E-state index contributed by atoms with van der Waals surface area (Å²) in [6.07, 6.45) is -4.90. The molecule has 10 heteroatoms. The summed E-state index contributed by atoms with van der Waals surface area (Å²) >= 11 is 0. The second-order valence-electron chi connectivity index (χ2n) is 8.09. The van der Waals surface area contributed by atoms with Gasteiger partial charge in [0.2, 0.25) is 5.91 Å². The SMILES string of the molecule is CC(C)(C)OC(=O)ON1C[C@H]2CCN(c3ccc(OC(F)(F)F)cc3)C(=O)[C@H]2C1. The number of hydrogen-bond acceptors (Lipinski definition) is 6. The lowest BCUT2D eigenvalue weighted by Gasteiger charge is -2.33. The van der Waals surface area contributed by atoms with Gasteiger partial charge in [-0.3, -0.25) is 4.79 Å². The van der Waals surface area contributed by atoms with Crippen LogP contribution < -0.4 is 9.64 Å². The van der Waals surface area contributed by atoms with Crippen LogP contribution in [-0.2, 0) is 14.4 Å². The van der Waals surface area contributed by atoms with E-state index in [1.54, 1.807) is 20.8 Å². The van der Waals surface area contributed by atoms with Crippen LogP contribution in [0.4, 0.5) is 23.7 Å². The van der Waals surface area contributed by atoms with Gasteiger partial charge in [0.05, 0.1) is 5.92 Å². The van der Waals surface area contributed by atoms with E-state index in [0.717, 1.165) is 0 Å². The van der Waals surface area contributed by atoms with E-state index in [1.165, 1.54) is 34.2 Å². The smallest absolute Gasteiger partial charge is 0.427 e. The predicted octanol–water partition coefficient (Wildman–Crippen LogP) is 3.74. The Morgan fingerprint density at radius 1 is 1.10 bits per heavy atom. The molecular formula is C19H23F3N2O5. The molecule has 0 aromatic heterocycles. The number of fused-ring (bicyclic) bond motifs is 1. The molecule has 7 nitrogen and oxygen atoms in total. The molecule has 2 aliphatic heterocycles. The van der Waals surface area contributed by atoms with Crippen LogP contribution in [0.3, 0.4) is 0 Å². The van der Waals surface area contributed by atoms with Gasteiger partial charge in [0.15, 0.2) is 0 Å². The number of halogens is 3. The summed E-state index contributed by atoms with van der Waals surface area (Å²) in [6, 6.07) is 5.19. The fourth-order valence-corrected chi connectivity index (χ4v) is 3.54. The lowest BCUT2D eigenvalue weighted by Crippen LogP contribution is -2.45. The van der Waals surface area contributed by atoms with E-state index in [9.17, 15) is 22.8 Å². The molecule has 0 saturated carbocycles. The number of hydrogen-bond donors (Lipinski definition) is 0. The number of alkyl halides is 3. The Hall–Kier alpha value is -2.49. The number of nitrogens with zero attached hydrogens (tertiary/aromatic N) is 2. The standard InChI is InChI=1S/C19H23F3N2O5/c1-18(2,3)28-17(26)29-23-10-12-8-9-24(16(25)15(12)11-23)13-4-6-14(7-5-13)27-19(20,21)22/h4-7,12,15H,8-11H2,1-3H3/t12-,15+/m1/s1. The minimum atomic E-state index is -4.77. The number of carbonyl (C=O) groups excluding carboxylic acids is 2. The van der Waals surface area contributed by atoms with Gasteiger partial charge in [-0.25, -0.2) is 4.79 Å². The summed E-state index contributed by atoms with van der Waals surface area (Å²) in [4.78, 5) is 31.5. The lowest BCUT2D eigenvalue weighted by atomic mass is 9.87. The number of amides is 1. The van der Waals surface area contributed by atoms with E-state index in [0.29, 0.717) is 25.2 Å². The number of hydroxylamine groups is 2. The largest absolute Gasteiger partial charge is 0.573 e. The molecule has 2 heterocycles. The Morgan fingerprint density at radius 2 is 1.76 bits per heavy atom. The first-order valence-electron chi connectivity index (χ1n) is 9.24. The summed E-state index contributed by atoms with van der Waals surface area (Å²) in [5.74, 6) is -0.825. The van der Waals surface area contributed by atoms with Crippen molar-refractivity contribution in [1.82, 2.24) is 5.06 Å². The molecule has 1 amide bonds. The van der Waals surface area contributed by atoms with Crippen LogP contribution in [0.1, 0.15) is 27.2 Å². The number of anilines is 1. The third-order valence-corrected chi connectivity index (χ3v) is 4.69. The van der Waals surface area contributed by atoms with Gasteiger partial charge < -0.3 is 19.2 Å². The first kappa shape index (κ1) is 21.2. The minimum absolute atomic E-state index is 0.0361. The van der Waals surface area contributed by atoms with E-state index in [-0.39, 0.29) is 30.0 Å². The molecule has 0 spiro atoms. The van der Waals surface area contributed by atoms with Crippen molar-refractivity contribution in [3.63, 3.8) is 0 Å². The van der Waals surface area contributed by atoms with Crippen molar-refractivity contribution in [1.29, 1.82) is 0 Å². The van der Waals surface area contributed by atoms with E-state index in [2.05, 4.69) is 4.74 Å². The van der Waals surface area contributed by atoms with E-state index in [1.807, 2.05) is 0 Å². The molecule has 2 saturated heterocycles. The minimum Gasteiger partial charge on any atom is -0.427 e. The third-order valence-electron chi connectivity index (χ3n) is 4.69. The Kier molecular flexibility index (Phi) is 5.66. The van der Waals surface area contributed by atoms with Crippen molar-refractivity contribution in [2.45, 2.75) is 39.2 Å². The molecule has 1 aromatic carbocycles. The normalized spacial score (nSPS) is 23.0. The van der Waals surface area contributed by atoms with Gasteiger partial charge in [0.25, 0.3) is 0 Å². The molecule has 0 N–H and O–H groups in total. The van der Waals surface area contributed by atoms with Crippen molar-refractivity contribution in [2.24, 2.45) is 11.8 Å². The zero-order chi connectivity index (χ0) is 21.4. The van der Waals surface area contributed by atoms with Crippen molar-refractivity contribution in [3.8, 4) is 5.75 Å². The number of carbonyl (C=O) groups is 2. The van der Waals surface area contributed by atoms with Gasteiger partial charge in [-0.2, -0.15) is 0 Å². The fourth-order valence-electron chi connectivity index (χ4n) is 3.54. The molecule has 29 heavy (non-hydrogen) atoms. The van der Waals surface area contributed by atoms with Gasteiger partial charge in [0.1, 0.15) is 11.4 Å².